The van der Waals surface area contributed by atoms with Gasteiger partial charge in [-0.05, 0) is 30.0 Å². The summed E-state index contributed by atoms with van der Waals surface area (Å²) in [6, 6.07) is 3.30. The van der Waals surface area contributed by atoms with Crippen LogP contribution in [-0.4, -0.2) is 26.7 Å². The van der Waals surface area contributed by atoms with Gasteiger partial charge < -0.3 is 5.11 Å². The van der Waals surface area contributed by atoms with Gasteiger partial charge in [-0.2, -0.15) is 0 Å². The summed E-state index contributed by atoms with van der Waals surface area (Å²) in [7, 11) is -3.77. The molecule has 2 N–H and O–H groups in total. The molecule has 0 aliphatic heterocycles. The third-order valence-corrected chi connectivity index (χ3v) is 4.75. The Labute approximate surface area is 125 Å². The van der Waals surface area contributed by atoms with E-state index in [1.807, 2.05) is 20.8 Å². The molecule has 0 fully saturated rings. The number of nitrogens with one attached hydrogen (secondary N) is 1. The van der Waals surface area contributed by atoms with E-state index in [4.69, 9.17) is 5.11 Å². The van der Waals surface area contributed by atoms with Crippen LogP contribution in [0.2, 0.25) is 0 Å². The lowest BCUT2D eigenvalue weighted by atomic mass is 9.99. The van der Waals surface area contributed by atoms with Gasteiger partial charge in [-0.15, -0.1) is 0 Å². The molecule has 21 heavy (non-hydrogen) atoms. The van der Waals surface area contributed by atoms with E-state index in [0.29, 0.717) is 12.5 Å². The molecule has 0 saturated heterocycles. The Morgan fingerprint density at radius 2 is 2.00 bits per heavy atom. The average molecular weight is 313 g/mol. The SMILES string of the molecule is CC(C)C(C)CNS(=O)(=O)c1ccc(F)cc1C#CCO. The molecule has 6 heteroatoms. The Bertz CT molecular complexity index is 645. The van der Waals surface area contributed by atoms with E-state index in [0.717, 1.165) is 12.1 Å². The van der Waals surface area contributed by atoms with Crippen molar-refractivity contribution in [3.05, 3.63) is 29.6 Å². The minimum atomic E-state index is -3.77. The third-order valence-electron chi connectivity index (χ3n) is 3.27. The van der Waals surface area contributed by atoms with Gasteiger partial charge in [0.1, 0.15) is 12.4 Å². The van der Waals surface area contributed by atoms with Gasteiger partial charge in [-0.1, -0.05) is 32.6 Å². The highest BCUT2D eigenvalue weighted by molar-refractivity contribution is 7.89. The first-order valence-corrected chi connectivity index (χ1v) is 8.15. The number of aliphatic hydroxyl groups excluding tert-OH is 1. The summed E-state index contributed by atoms with van der Waals surface area (Å²) in [5.41, 5.74) is 0.0359. The smallest absolute Gasteiger partial charge is 0.241 e. The second kappa shape index (κ2) is 7.55. The maximum absolute atomic E-state index is 13.2. The highest BCUT2D eigenvalue weighted by atomic mass is 32.2. The van der Waals surface area contributed by atoms with E-state index in [2.05, 4.69) is 16.6 Å². The van der Waals surface area contributed by atoms with E-state index in [1.165, 1.54) is 6.07 Å². The second-order valence-corrected chi connectivity index (χ2v) is 6.91. The van der Waals surface area contributed by atoms with Crippen molar-refractivity contribution in [2.75, 3.05) is 13.2 Å². The first kappa shape index (κ1) is 17.6. The van der Waals surface area contributed by atoms with E-state index in [-0.39, 0.29) is 16.4 Å². The van der Waals surface area contributed by atoms with E-state index < -0.39 is 22.4 Å². The maximum atomic E-state index is 13.2. The van der Waals surface area contributed by atoms with E-state index in [9.17, 15) is 12.8 Å². The number of aliphatic hydroxyl groups is 1. The monoisotopic (exact) mass is 313 g/mol. The Kier molecular flexibility index (Phi) is 6.34. The molecule has 1 aromatic carbocycles. The van der Waals surface area contributed by atoms with Crippen molar-refractivity contribution in [1.29, 1.82) is 0 Å². The normalized spacial score (nSPS) is 12.9. The molecule has 0 amide bonds. The molecule has 0 aromatic heterocycles. The summed E-state index contributed by atoms with van der Waals surface area (Å²) < 4.78 is 40.3. The average Bonchev–Trinajstić information content (AvgIpc) is 2.42. The predicted octanol–water partition coefficient (Wildman–Crippen LogP) is 1.74. The fourth-order valence-electron chi connectivity index (χ4n) is 1.52. The minimum Gasteiger partial charge on any atom is -0.384 e. The van der Waals surface area contributed by atoms with Crippen molar-refractivity contribution < 1.29 is 17.9 Å². The molecular formula is C15H20FNO3S. The fraction of sp³-hybridized carbons (Fsp3) is 0.467. The van der Waals surface area contributed by atoms with Crippen LogP contribution in [0.1, 0.15) is 26.3 Å². The number of benzene rings is 1. The maximum Gasteiger partial charge on any atom is 0.241 e. The zero-order chi connectivity index (χ0) is 16.0. The molecule has 1 rings (SSSR count). The zero-order valence-corrected chi connectivity index (χ0v) is 13.2. The molecule has 0 bridgehead atoms. The lowest BCUT2D eigenvalue weighted by molar-refractivity contribution is 0.350. The minimum absolute atomic E-state index is 0.0359. The van der Waals surface area contributed by atoms with Crippen molar-refractivity contribution in [3.63, 3.8) is 0 Å². The van der Waals surface area contributed by atoms with Gasteiger partial charge in [0.25, 0.3) is 0 Å². The molecule has 0 heterocycles. The predicted molar refractivity (Wildman–Crippen MR) is 79.6 cm³/mol. The van der Waals surface area contributed by atoms with Crippen LogP contribution in [0.5, 0.6) is 0 Å². The molecular weight excluding hydrogens is 293 g/mol. The molecule has 1 aromatic rings. The summed E-state index contributed by atoms with van der Waals surface area (Å²) in [5.74, 6) is 4.73. The number of hydrogen-bond donors (Lipinski definition) is 2. The van der Waals surface area contributed by atoms with Crippen LogP contribution in [0.4, 0.5) is 4.39 Å². The lowest BCUT2D eigenvalue weighted by Crippen LogP contribution is -2.30. The van der Waals surface area contributed by atoms with Crippen molar-refractivity contribution >= 4 is 10.0 Å². The summed E-state index contributed by atoms with van der Waals surface area (Å²) in [5, 5.41) is 8.70. The molecule has 116 valence electrons. The molecule has 1 atom stereocenters. The van der Waals surface area contributed by atoms with Crippen LogP contribution in [0.3, 0.4) is 0 Å². The van der Waals surface area contributed by atoms with Gasteiger partial charge >= 0.3 is 0 Å². The third kappa shape index (κ3) is 5.12. The lowest BCUT2D eigenvalue weighted by Gasteiger charge is -2.16. The molecule has 1 unspecified atom stereocenters. The Morgan fingerprint density at radius 3 is 2.57 bits per heavy atom. The molecule has 0 aliphatic rings. The van der Waals surface area contributed by atoms with Gasteiger partial charge in [0.2, 0.25) is 10.0 Å². The van der Waals surface area contributed by atoms with Crippen molar-refractivity contribution in [2.45, 2.75) is 25.7 Å². The Morgan fingerprint density at radius 1 is 1.33 bits per heavy atom. The Hall–Kier alpha value is -1.42. The summed E-state index contributed by atoms with van der Waals surface area (Å²) in [4.78, 5) is -0.0826. The highest BCUT2D eigenvalue weighted by Gasteiger charge is 2.19. The standard InChI is InChI=1S/C15H20FNO3S/c1-11(2)12(3)10-17-21(19,20)15-7-6-14(16)9-13(15)5-4-8-18/h6-7,9,11-12,17-18H,8,10H2,1-3H3. The van der Waals surface area contributed by atoms with Crippen LogP contribution < -0.4 is 4.72 Å². The summed E-state index contributed by atoms with van der Waals surface area (Å²) in [6.07, 6.45) is 0. The first-order valence-electron chi connectivity index (χ1n) is 6.67. The highest BCUT2D eigenvalue weighted by Crippen LogP contribution is 2.17. The van der Waals surface area contributed by atoms with Gasteiger partial charge in [-0.25, -0.2) is 17.5 Å². The molecule has 0 spiro atoms. The zero-order valence-electron chi connectivity index (χ0n) is 12.4. The topological polar surface area (TPSA) is 66.4 Å². The van der Waals surface area contributed by atoms with Crippen molar-refractivity contribution in [2.24, 2.45) is 11.8 Å². The largest absolute Gasteiger partial charge is 0.384 e. The van der Waals surface area contributed by atoms with Crippen LogP contribution in [0, 0.1) is 29.5 Å². The molecule has 0 aliphatic carbocycles. The van der Waals surface area contributed by atoms with Gasteiger partial charge in [-0.3, -0.25) is 0 Å². The van der Waals surface area contributed by atoms with Gasteiger partial charge in [0.05, 0.1) is 4.90 Å². The summed E-state index contributed by atoms with van der Waals surface area (Å²) in [6.45, 7) is 5.84. The fourth-order valence-corrected chi connectivity index (χ4v) is 2.81. The summed E-state index contributed by atoms with van der Waals surface area (Å²) >= 11 is 0. The van der Waals surface area contributed by atoms with Crippen LogP contribution in [-0.2, 0) is 10.0 Å². The van der Waals surface area contributed by atoms with Crippen molar-refractivity contribution in [1.82, 2.24) is 4.72 Å². The Balaban J connectivity index is 3.08. The van der Waals surface area contributed by atoms with Crippen LogP contribution in [0.15, 0.2) is 23.1 Å². The van der Waals surface area contributed by atoms with Gasteiger partial charge in [0.15, 0.2) is 0 Å². The van der Waals surface area contributed by atoms with Crippen LogP contribution >= 0.6 is 0 Å². The number of rotatable bonds is 5. The van der Waals surface area contributed by atoms with Gasteiger partial charge in [0, 0.05) is 12.1 Å². The molecule has 0 saturated carbocycles. The van der Waals surface area contributed by atoms with E-state index in [1.54, 1.807) is 0 Å². The number of hydrogen-bond acceptors (Lipinski definition) is 3. The second-order valence-electron chi connectivity index (χ2n) is 5.17. The quantitative estimate of drug-likeness (QED) is 0.814. The first-order chi connectivity index (χ1) is 9.77. The molecule has 0 radical (unpaired) electrons. The van der Waals surface area contributed by atoms with E-state index >= 15 is 0 Å². The number of sulfonamides is 1. The van der Waals surface area contributed by atoms with Crippen LogP contribution in [0.25, 0.3) is 0 Å². The number of halogens is 1. The van der Waals surface area contributed by atoms with Crippen molar-refractivity contribution in [3.8, 4) is 11.8 Å². The molecule has 4 nitrogen and oxygen atoms in total.